The molecule has 0 saturated heterocycles. The lowest BCUT2D eigenvalue weighted by molar-refractivity contribution is 0.266. The van der Waals surface area contributed by atoms with Gasteiger partial charge in [-0.05, 0) is 23.2 Å². The highest BCUT2D eigenvalue weighted by Crippen LogP contribution is 2.37. The molecule has 21 heavy (non-hydrogen) atoms. The van der Waals surface area contributed by atoms with Gasteiger partial charge in [-0.1, -0.05) is 30.3 Å². The topological polar surface area (TPSA) is 68.2 Å². The predicted octanol–water partition coefficient (Wildman–Crippen LogP) is 0.963. The zero-order valence-corrected chi connectivity index (χ0v) is 11.9. The van der Waals surface area contributed by atoms with Crippen LogP contribution in [0, 0.1) is 0 Å². The van der Waals surface area contributed by atoms with Crippen molar-refractivity contribution >= 4 is 12.6 Å². The van der Waals surface area contributed by atoms with Crippen LogP contribution >= 0.6 is 0 Å². The van der Waals surface area contributed by atoms with Crippen LogP contribution in [-0.4, -0.2) is 31.4 Å². The predicted molar refractivity (Wildman–Crippen MR) is 80.1 cm³/mol. The summed E-state index contributed by atoms with van der Waals surface area (Å²) >= 11 is 0. The Morgan fingerprint density at radius 3 is 1.95 bits per heavy atom. The summed E-state index contributed by atoms with van der Waals surface area (Å²) in [6.45, 7) is 0.318. The number of benzene rings is 2. The van der Waals surface area contributed by atoms with Gasteiger partial charge >= 0.3 is 7.12 Å². The van der Waals surface area contributed by atoms with E-state index in [0.29, 0.717) is 29.3 Å². The molecule has 0 aliphatic rings. The minimum atomic E-state index is -1.46. The molecular weight excluding hydrogens is 271 g/mol. The van der Waals surface area contributed by atoms with E-state index >= 15 is 0 Å². The number of ether oxygens (including phenoxy) is 3. The van der Waals surface area contributed by atoms with E-state index in [2.05, 4.69) is 0 Å². The lowest BCUT2D eigenvalue weighted by atomic mass is 9.80. The first kappa shape index (κ1) is 15.2. The number of para-hydroxylation sites is 1. The molecule has 0 aliphatic heterocycles. The molecule has 0 bridgehead atoms. The Balaban J connectivity index is 2.12. The van der Waals surface area contributed by atoms with Crippen molar-refractivity contribution in [3.05, 3.63) is 48.0 Å². The molecule has 2 aromatic carbocycles. The summed E-state index contributed by atoms with van der Waals surface area (Å²) in [4.78, 5) is 0. The summed E-state index contributed by atoms with van der Waals surface area (Å²) in [6, 6.07) is 12.2. The quantitative estimate of drug-likeness (QED) is 0.775. The summed E-state index contributed by atoms with van der Waals surface area (Å²) < 4.78 is 16.3. The summed E-state index contributed by atoms with van der Waals surface area (Å²) in [6.07, 6.45) is 0. The summed E-state index contributed by atoms with van der Waals surface area (Å²) in [7, 11) is 1.67. The van der Waals surface area contributed by atoms with Crippen LogP contribution in [0.25, 0.3) is 0 Å². The average molecular weight is 288 g/mol. The Labute approximate surface area is 123 Å². The first-order valence-corrected chi connectivity index (χ1v) is 6.44. The molecule has 0 atom stereocenters. The maximum Gasteiger partial charge on any atom is 0.488 e. The second kappa shape index (κ2) is 7.01. The Morgan fingerprint density at radius 2 is 1.48 bits per heavy atom. The molecule has 0 amide bonds. The fraction of sp³-hybridized carbons (Fsp3) is 0.200. The van der Waals surface area contributed by atoms with Crippen molar-refractivity contribution in [2.75, 3.05) is 14.2 Å². The Hall–Kier alpha value is -2.18. The van der Waals surface area contributed by atoms with Gasteiger partial charge in [-0.3, -0.25) is 0 Å². The van der Waals surface area contributed by atoms with Gasteiger partial charge < -0.3 is 24.3 Å². The van der Waals surface area contributed by atoms with Gasteiger partial charge in [-0.15, -0.1) is 0 Å². The Morgan fingerprint density at radius 1 is 0.905 bits per heavy atom. The van der Waals surface area contributed by atoms with Crippen LogP contribution in [0.4, 0.5) is 0 Å². The SMILES string of the molecule is COc1cccc(OC)c1OCc1ccc(B(O)O)cc1. The van der Waals surface area contributed by atoms with Crippen molar-refractivity contribution in [2.24, 2.45) is 0 Å². The molecule has 110 valence electrons. The third-order valence-electron chi connectivity index (χ3n) is 3.04. The van der Waals surface area contributed by atoms with Crippen molar-refractivity contribution in [1.82, 2.24) is 0 Å². The first-order valence-electron chi connectivity index (χ1n) is 6.44. The largest absolute Gasteiger partial charge is 0.493 e. The minimum absolute atomic E-state index is 0.318. The molecule has 0 aromatic heterocycles. The van der Waals surface area contributed by atoms with Crippen LogP contribution in [0.15, 0.2) is 42.5 Å². The van der Waals surface area contributed by atoms with Gasteiger partial charge in [0.1, 0.15) is 6.61 Å². The Kier molecular flexibility index (Phi) is 5.08. The molecule has 0 spiro atoms. The third-order valence-corrected chi connectivity index (χ3v) is 3.04. The third kappa shape index (κ3) is 3.68. The molecule has 0 heterocycles. The van der Waals surface area contributed by atoms with Crippen molar-refractivity contribution in [3.63, 3.8) is 0 Å². The summed E-state index contributed by atoms with van der Waals surface area (Å²) in [5.41, 5.74) is 1.33. The summed E-state index contributed by atoms with van der Waals surface area (Å²) in [5.74, 6) is 1.72. The highest BCUT2D eigenvalue weighted by atomic mass is 16.5. The van der Waals surface area contributed by atoms with Crippen LogP contribution in [0.1, 0.15) is 5.56 Å². The van der Waals surface area contributed by atoms with E-state index in [1.807, 2.05) is 6.07 Å². The number of methoxy groups -OCH3 is 2. The van der Waals surface area contributed by atoms with Crippen molar-refractivity contribution in [2.45, 2.75) is 6.61 Å². The fourth-order valence-corrected chi connectivity index (χ4v) is 1.90. The monoisotopic (exact) mass is 288 g/mol. The van der Waals surface area contributed by atoms with Gasteiger partial charge in [-0.25, -0.2) is 0 Å². The van der Waals surface area contributed by atoms with Gasteiger partial charge in [-0.2, -0.15) is 0 Å². The molecule has 0 fully saturated rings. The van der Waals surface area contributed by atoms with E-state index in [-0.39, 0.29) is 0 Å². The van der Waals surface area contributed by atoms with Crippen molar-refractivity contribution in [3.8, 4) is 17.2 Å². The van der Waals surface area contributed by atoms with E-state index in [0.717, 1.165) is 5.56 Å². The molecule has 0 aliphatic carbocycles. The maximum absolute atomic E-state index is 9.05. The molecule has 2 N–H and O–H groups in total. The normalized spacial score (nSPS) is 10.1. The van der Waals surface area contributed by atoms with Gasteiger partial charge in [0.15, 0.2) is 11.5 Å². The van der Waals surface area contributed by atoms with E-state index in [1.54, 1.807) is 50.6 Å². The highest BCUT2D eigenvalue weighted by Gasteiger charge is 2.12. The van der Waals surface area contributed by atoms with E-state index in [9.17, 15) is 0 Å². The molecule has 2 aromatic rings. The van der Waals surface area contributed by atoms with Crippen molar-refractivity contribution < 1.29 is 24.3 Å². The van der Waals surface area contributed by atoms with Crippen LogP contribution < -0.4 is 19.7 Å². The number of hydrogen-bond acceptors (Lipinski definition) is 5. The van der Waals surface area contributed by atoms with Gasteiger partial charge in [0, 0.05) is 0 Å². The van der Waals surface area contributed by atoms with Gasteiger partial charge in [0.05, 0.1) is 14.2 Å². The molecular formula is C15H17BO5. The van der Waals surface area contributed by atoms with Crippen molar-refractivity contribution in [1.29, 1.82) is 0 Å². The van der Waals surface area contributed by atoms with Crippen LogP contribution in [-0.2, 0) is 6.61 Å². The van der Waals surface area contributed by atoms with Crippen LogP contribution in [0.2, 0.25) is 0 Å². The fourth-order valence-electron chi connectivity index (χ4n) is 1.90. The minimum Gasteiger partial charge on any atom is -0.493 e. The number of hydrogen-bond donors (Lipinski definition) is 2. The van der Waals surface area contributed by atoms with E-state index in [1.165, 1.54) is 0 Å². The standard InChI is InChI=1S/C15H17BO5/c1-19-13-4-3-5-14(20-2)15(13)21-10-11-6-8-12(9-7-11)16(17)18/h3-9,17-18H,10H2,1-2H3. The Bertz CT molecular complexity index is 561. The van der Waals surface area contributed by atoms with E-state index < -0.39 is 7.12 Å². The highest BCUT2D eigenvalue weighted by molar-refractivity contribution is 6.58. The smallest absolute Gasteiger partial charge is 0.488 e. The zero-order valence-electron chi connectivity index (χ0n) is 11.9. The first-order chi connectivity index (χ1) is 10.2. The van der Waals surface area contributed by atoms with Gasteiger partial charge in [0.25, 0.3) is 0 Å². The lowest BCUT2D eigenvalue weighted by Gasteiger charge is -2.14. The second-order valence-corrected chi connectivity index (χ2v) is 4.40. The van der Waals surface area contributed by atoms with Crippen LogP contribution in [0.5, 0.6) is 17.2 Å². The molecule has 6 heteroatoms. The molecule has 0 radical (unpaired) electrons. The summed E-state index contributed by atoms with van der Waals surface area (Å²) in [5, 5.41) is 18.1. The molecule has 0 saturated carbocycles. The van der Waals surface area contributed by atoms with Crippen LogP contribution in [0.3, 0.4) is 0 Å². The molecule has 2 rings (SSSR count). The lowest BCUT2D eigenvalue weighted by Crippen LogP contribution is -2.29. The average Bonchev–Trinajstić information content (AvgIpc) is 2.52. The molecule has 0 unspecified atom stereocenters. The zero-order chi connectivity index (χ0) is 15.2. The molecule has 5 nitrogen and oxygen atoms in total. The maximum atomic E-state index is 9.05. The number of rotatable bonds is 6. The van der Waals surface area contributed by atoms with E-state index in [4.69, 9.17) is 24.3 Å². The second-order valence-electron chi connectivity index (χ2n) is 4.40. The van der Waals surface area contributed by atoms with Gasteiger partial charge in [0.2, 0.25) is 5.75 Å².